The van der Waals surface area contributed by atoms with Crippen molar-refractivity contribution in [1.29, 1.82) is 0 Å². The molecule has 2 saturated carbocycles. The molecule has 0 heterocycles. The van der Waals surface area contributed by atoms with Crippen molar-refractivity contribution in [1.82, 2.24) is 0 Å². The van der Waals surface area contributed by atoms with Crippen molar-refractivity contribution in [3.63, 3.8) is 0 Å². The second kappa shape index (κ2) is 3.54. The number of esters is 1. The molecule has 0 aromatic carbocycles. The maximum Gasteiger partial charge on any atom is 0.309 e. The molecule has 80 valence electrons. The third kappa shape index (κ3) is 1.92. The fraction of sp³-hybridized carbons (Fsp3) is 0.909. The summed E-state index contributed by atoms with van der Waals surface area (Å²) >= 11 is 0. The number of hydrogen-bond acceptors (Lipinski definition) is 3. The van der Waals surface area contributed by atoms with E-state index in [0.29, 0.717) is 18.3 Å². The highest BCUT2D eigenvalue weighted by Crippen LogP contribution is 2.51. The first kappa shape index (κ1) is 9.97. The van der Waals surface area contributed by atoms with Crippen LogP contribution in [0, 0.1) is 17.8 Å². The highest BCUT2D eigenvalue weighted by Gasteiger charge is 2.49. The molecule has 0 spiro atoms. The number of carbonyl (C=O) groups excluding carboxylic acids is 1. The molecule has 1 N–H and O–H groups in total. The minimum atomic E-state index is -0.265. The highest BCUT2D eigenvalue weighted by molar-refractivity contribution is 5.73. The van der Waals surface area contributed by atoms with Crippen LogP contribution in [0.1, 0.15) is 33.1 Å². The summed E-state index contributed by atoms with van der Waals surface area (Å²) in [6.07, 6.45) is 2.32. The van der Waals surface area contributed by atoms with E-state index >= 15 is 0 Å². The summed E-state index contributed by atoms with van der Waals surface area (Å²) in [6, 6.07) is 0. The number of aliphatic hydroxyl groups is 1. The van der Waals surface area contributed by atoms with Gasteiger partial charge in [0.15, 0.2) is 0 Å². The fourth-order valence-electron chi connectivity index (χ4n) is 2.46. The lowest BCUT2D eigenvalue weighted by Gasteiger charge is -2.24. The van der Waals surface area contributed by atoms with E-state index in [1.54, 1.807) is 0 Å². The van der Waals surface area contributed by atoms with E-state index in [4.69, 9.17) is 4.74 Å². The van der Waals surface area contributed by atoms with Crippen LogP contribution < -0.4 is 0 Å². The standard InChI is InChI=1S/C11H18O3/c1-6(2)14-11(13)8-3-7-4-9(7)10(12)5-8/h6-10,12H,3-5H2,1-2H3/t7-,8+,9+,10+/m1/s1. The molecule has 2 fully saturated rings. The normalized spacial score (nSPS) is 40.6. The molecule has 0 aliphatic heterocycles. The summed E-state index contributed by atoms with van der Waals surface area (Å²) in [4.78, 5) is 11.6. The van der Waals surface area contributed by atoms with Crippen molar-refractivity contribution in [2.75, 3.05) is 0 Å². The van der Waals surface area contributed by atoms with Crippen molar-refractivity contribution in [3.8, 4) is 0 Å². The minimum absolute atomic E-state index is 0.0448. The Morgan fingerprint density at radius 2 is 2.07 bits per heavy atom. The molecule has 2 rings (SSSR count). The average molecular weight is 198 g/mol. The van der Waals surface area contributed by atoms with E-state index in [0.717, 1.165) is 12.8 Å². The van der Waals surface area contributed by atoms with Gasteiger partial charge in [0.05, 0.1) is 18.1 Å². The van der Waals surface area contributed by atoms with Crippen LogP contribution in [-0.4, -0.2) is 23.3 Å². The van der Waals surface area contributed by atoms with Gasteiger partial charge in [0.25, 0.3) is 0 Å². The third-order valence-corrected chi connectivity index (χ3v) is 3.27. The highest BCUT2D eigenvalue weighted by atomic mass is 16.5. The van der Waals surface area contributed by atoms with E-state index in [1.165, 1.54) is 0 Å². The van der Waals surface area contributed by atoms with Crippen LogP contribution in [0.25, 0.3) is 0 Å². The molecule has 0 aromatic rings. The van der Waals surface area contributed by atoms with Crippen LogP contribution in [-0.2, 0) is 9.53 Å². The molecular formula is C11H18O3. The Hall–Kier alpha value is -0.570. The zero-order chi connectivity index (χ0) is 10.3. The van der Waals surface area contributed by atoms with E-state index in [9.17, 15) is 9.90 Å². The summed E-state index contributed by atoms with van der Waals surface area (Å²) in [7, 11) is 0. The van der Waals surface area contributed by atoms with Crippen LogP contribution in [0.2, 0.25) is 0 Å². The van der Waals surface area contributed by atoms with E-state index in [2.05, 4.69) is 0 Å². The molecule has 0 saturated heterocycles. The first-order valence-electron chi connectivity index (χ1n) is 5.46. The van der Waals surface area contributed by atoms with Gasteiger partial charge >= 0.3 is 5.97 Å². The van der Waals surface area contributed by atoms with Crippen molar-refractivity contribution < 1.29 is 14.6 Å². The Kier molecular flexibility index (Phi) is 2.52. The monoisotopic (exact) mass is 198 g/mol. The van der Waals surface area contributed by atoms with Gasteiger partial charge in [-0.2, -0.15) is 0 Å². The van der Waals surface area contributed by atoms with Crippen molar-refractivity contribution >= 4 is 5.97 Å². The number of ether oxygens (including phenoxy) is 1. The topological polar surface area (TPSA) is 46.5 Å². The molecular weight excluding hydrogens is 180 g/mol. The number of aliphatic hydroxyl groups excluding tert-OH is 1. The van der Waals surface area contributed by atoms with Gasteiger partial charge in [-0.3, -0.25) is 4.79 Å². The zero-order valence-electron chi connectivity index (χ0n) is 8.77. The van der Waals surface area contributed by atoms with E-state index in [1.807, 2.05) is 13.8 Å². The Labute approximate surface area is 84.4 Å². The quantitative estimate of drug-likeness (QED) is 0.681. The van der Waals surface area contributed by atoms with Crippen molar-refractivity contribution in [2.45, 2.75) is 45.3 Å². The van der Waals surface area contributed by atoms with Crippen molar-refractivity contribution in [2.24, 2.45) is 17.8 Å². The van der Waals surface area contributed by atoms with Gasteiger partial charge < -0.3 is 9.84 Å². The van der Waals surface area contributed by atoms with Gasteiger partial charge in [0, 0.05) is 0 Å². The Bertz CT molecular complexity index is 237. The van der Waals surface area contributed by atoms with Gasteiger partial charge in [-0.05, 0) is 44.9 Å². The molecule has 0 amide bonds. The summed E-state index contributed by atoms with van der Waals surface area (Å²) in [6.45, 7) is 3.72. The maximum atomic E-state index is 11.6. The lowest BCUT2D eigenvalue weighted by atomic mass is 9.87. The average Bonchev–Trinajstić information content (AvgIpc) is 2.81. The number of carbonyl (C=O) groups is 1. The molecule has 2 aliphatic carbocycles. The zero-order valence-corrected chi connectivity index (χ0v) is 8.77. The first-order chi connectivity index (χ1) is 6.58. The largest absolute Gasteiger partial charge is 0.463 e. The van der Waals surface area contributed by atoms with Gasteiger partial charge in [0.1, 0.15) is 0 Å². The predicted molar refractivity (Wildman–Crippen MR) is 51.6 cm³/mol. The summed E-state index contributed by atoms with van der Waals surface area (Å²) in [5.74, 6) is 0.891. The lowest BCUT2D eigenvalue weighted by molar-refractivity contribution is -0.155. The molecule has 0 unspecified atom stereocenters. The smallest absolute Gasteiger partial charge is 0.309 e. The van der Waals surface area contributed by atoms with Gasteiger partial charge in [0.2, 0.25) is 0 Å². The van der Waals surface area contributed by atoms with Gasteiger partial charge in [-0.1, -0.05) is 0 Å². The van der Waals surface area contributed by atoms with Crippen molar-refractivity contribution in [3.05, 3.63) is 0 Å². The summed E-state index contributed by atoms with van der Waals surface area (Å²) in [5, 5.41) is 9.67. The second-order valence-electron chi connectivity index (χ2n) is 4.88. The SMILES string of the molecule is CC(C)OC(=O)[C@H]1C[C@@H]2C[C@@H]2[C@@H](O)C1. The number of rotatable bonds is 2. The molecule has 2 aliphatic rings. The molecule has 3 heteroatoms. The summed E-state index contributed by atoms with van der Waals surface area (Å²) in [5.41, 5.74) is 0. The molecule has 4 atom stereocenters. The first-order valence-corrected chi connectivity index (χ1v) is 5.46. The second-order valence-corrected chi connectivity index (χ2v) is 4.88. The van der Waals surface area contributed by atoms with Crippen LogP contribution in [0.5, 0.6) is 0 Å². The van der Waals surface area contributed by atoms with Crippen LogP contribution in [0.3, 0.4) is 0 Å². The van der Waals surface area contributed by atoms with Gasteiger partial charge in [-0.25, -0.2) is 0 Å². The molecule has 14 heavy (non-hydrogen) atoms. The Morgan fingerprint density at radius 1 is 1.36 bits per heavy atom. The number of fused-ring (bicyclic) bond motifs is 1. The molecule has 0 radical (unpaired) electrons. The molecule has 0 aromatic heterocycles. The van der Waals surface area contributed by atoms with Crippen LogP contribution >= 0.6 is 0 Å². The Balaban J connectivity index is 1.88. The van der Waals surface area contributed by atoms with E-state index in [-0.39, 0.29) is 24.1 Å². The maximum absolute atomic E-state index is 11.6. The summed E-state index contributed by atoms with van der Waals surface area (Å²) < 4.78 is 5.15. The van der Waals surface area contributed by atoms with Crippen LogP contribution in [0.15, 0.2) is 0 Å². The Morgan fingerprint density at radius 3 is 2.64 bits per heavy atom. The minimum Gasteiger partial charge on any atom is -0.463 e. The molecule has 0 bridgehead atoms. The fourth-order valence-corrected chi connectivity index (χ4v) is 2.46. The number of hydrogen-bond donors (Lipinski definition) is 1. The molecule has 3 nitrogen and oxygen atoms in total. The predicted octanol–water partition coefficient (Wildman–Crippen LogP) is 1.34. The van der Waals surface area contributed by atoms with Crippen LogP contribution in [0.4, 0.5) is 0 Å². The van der Waals surface area contributed by atoms with E-state index < -0.39 is 0 Å². The third-order valence-electron chi connectivity index (χ3n) is 3.27. The lowest BCUT2D eigenvalue weighted by Crippen LogP contribution is -2.30. The van der Waals surface area contributed by atoms with Gasteiger partial charge in [-0.15, -0.1) is 0 Å².